The Balaban J connectivity index is 1.48. The fourth-order valence-corrected chi connectivity index (χ4v) is 5.05. The average molecular weight is 515 g/mol. The van der Waals surface area contributed by atoms with Crippen LogP contribution in [0.25, 0.3) is 10.9 Å². The number of benzene rings is 3. The van der Waals surface area contributed by atoms with Gasteiger partial charge in [0.15, 0.2) is 11.5 Å². The summed E-state index contributed by atoms with van der Waals surface area (Å²) in [6.45, 7) is 0.0811. The van der Waals surface area contributed by atoms with Gasteiger partial charge in [0.25, 0.3) is 5.69 Å². The second-order valence-electron chi connectivity index (χ2n) is 8.85. The van der Waals surface area contributed by atoms with Crippen LogP contribution in [0.3, 0.4) is 0 Å². The molecule has 6 rings (SSSR count). The number of aromatic amines is 1. The predicted octanol–water partition coefficient (Wildman–Crippen LogP) is 4.49. The van der Waals surface area contributed by atoms with Crippen LogP contribution in [0.15, 0.2) is 66.7 Å². The zero-order chi connectivity index (χ0) is 26.4. The van der Waals surface area contributed by atoms with Gasteiger partial charge in [-0.2, -0.15) is 0 Å². The fraction of sp³-hybridized carbons (Fsp3) is 0.185. The van der Waals surface area contributed by atoms with Gasteiger partial charge in [0.2, 0.25) is 6.79 Å². The maximum atomic E-state index is 13.8. The third kappa shape index (κ3) is 3.84. The molecule has 0 fully saturated rings. The Morgan fingerprint density at radius 3 is 2.58 bits per heavy atom. The zero-order valence-corrected chi connectivity index (χ0v) is 20.1. The van der Waals surface area contributed by atoms with E-state index < -0.39 is 29.1 Å². The summed E-state index contributed by atoms with van der Waals surface area (Å²) in [6.07, 6.45) is -0.621. The van der Waals surface area contributed by atoms with E-state index in [9.17, 15) is 19.7 Å². The molecule has 1 N–H and O–H groups in total. The van der Waals surface area contributed by atoms with Crippen LogP contribution in [-0.2, 0) is 16.0 Å². The lowest BCUT2D eigenvalue weighted by molar-refractivity contribution is -0.384. The summed E-state index contributed by atoms with van der Waals surface area (Å²) in [7, 11) is 1.27. The lowest BCUT2D eigenvalue weighted by Crippen LogP contribution is -2.52. The highest BCUT2D eigenvalue weighted by atomic mass is 16.7. The highest BCUT2D eigenvalue weighted by Gasteiger charge is 2.45. The van der Waals surface area contributed by atoms with Gasteiger partial charge in [-0.1, -0.05) is 24.3 Å². The van der Waals surface area contributed by atoms with E-state index in [1.165, 1.54) is 36.3 Å². The van der Waals surface area contributed by atoms with Crippen molar-refractivity contribution in [1.82, 2.24) is 9.88 Å². The molecule has 0 radical (unpaired) electrons. The van der Waals surface area contributed by atoms with Crippen LogP contribution in [-0.4, -0.2) is 46.8 Å². The van der Waals surface area contributed by atoms with Crippen LogP contribution in [0, 0.1) is 10.1 Å². The van der Waals surface area contributed by atoms with Crippen molar-refractivity contribution in [2.45, 2.75) is 18.5 Å². The van der Waals surface area contributed by atoms with E-state index in [-0.39, 0.29) is 24.7 Å². The van der Waals surface area contributed by atoms with E-state index in [1.807, 2.05) is 24.3 Å². The molecule has 192 valence electrons. The predicted molar refractivity (Wildman–Crippen MR) is 133 cm³/mol. The van der Waals surface area contributed by atoms with Crippen LogP contribution < -0.4 is 14.2 Å². The first-order valence-corrected chi connectivity index (χ1v) is 11.8. The molecule has 11 heteroatoms. The number of non-ortho nitro benzene ring substituents is 1. The number of nitrogens with one attached hydrogen (secondary N) is 1. The highest BCUT2D eigenvalue weighted by molar-refractivity contribution is 5.90. The Morgan fingerprint density at radius 1 is 1.05 bits per heavy atom. The molecular weight excluding hydrogens is 494 g/mol. The molecule has 11 nitrogen and oxygen atoms in total. The normalized spacial score (nSPS) is 17.7. The number of amides is 1. The standard InChI is InChI=1S/C27H21N3O8/c1-35-26(31)21-13-19-18-4-2-3-5-20(18)28-24(19)25(15-6-11-22-23(12-15)37-14-36-22)29(21)27(32)38-17-9-7-16(8-10-17)30(33)34/h2-12,21,25,28H,13-14H2,1H3/t21-,25-/m1/s1. The number of H-pyrrole nitrogens is 1. The molecule has 1 amide bonds. The summed E-state index contributed by atoms with van der Waals surface area (Å²) in [6, 6.07) is 16.4. The number of nitro groups is 1. The Labute approximate surface area is 215 Å². The summed E-state index contributed by atoms with van der Waals surface area (Å²) in [5, 5.41) is 12.0. The molecule has 1 aromatic heterocycles. The first-order chi connectivity index (χ1) is 18.4. The van der Waals surface area contributed by atoms with Gasteiger partial charge in [-0.25, -0.2) is 9.59 Å². The van der Waals surface area contributed by atoms with Crippen LogP contribution in [0.1, 0.15) is 22.9 Å². The second-order valence-corrected chi connectivity index (χ2v) is 8.85. The summed E-state index contributed by atoms with van der Waals surface area (Å²) >= 11 is 0. The number of esters is 1. The van der Waals surface area contributed by atoms with Gasteiger partial charge in [0.1, 0.15) is 17.8 Å². The summed E-state index contributed by atoms with van der Waals surface area (Å²) in [4.78, 5) is 42.1. The van der Waals surface area contributed by atoms with Crippen LogP contribution in [0.5, 0.6) is 17.2 Å². The van der Waals surface area contributed by atoms with E-state index in [0.717, 1.165) is 22.2 Å². The molecule has 2 aliphatic heterocycles. The number of fused-ring (bicyclic) bond motifs is 4. The number of carbonyl (C=O) groups is 2. The van der Waals surface area contributed by atoms with Crippen LogP contribution >= 0.6 is 0 Å². The third-order valence-corrected chi connectivity index (χ3v) is 6.78. The summed E-state index contributed by atoms with van der Waals surface area (Å²) in [5.41, 5.74) is 2.99. The number of aromatic nitrogens is 1. The van der Waals surface area contributed by atoms with Gasteiger partial charge in [0.05, 0.1) is 12.0 Å². The minimum Gasteiger partial charge on any atom is -0.467 e. The van der Waals surface area contributed by atoms with Crippen molar-refractivity contribution in [2.24, 2.45) is 0 Å². The molecule has 3 heterocycles. The maximum absolute atomic E-state index is 13.8. The van der Waals surface area contributed by atoms with Crippen molar-refractivity contribution in [3.05, 3.63) is 93.7 Å². The van der Waals surface area contributed by atoms with E-state index in [4.69, 9.17) is 18.9 Å². The Bertz CT molecular complexity index is 1580. The number of nitro benzene ring substituents is 1. The van der Waals surface area contributed by atoms with E-state index in [2.05, 4.69) is 4.98 Å². The van der Waals surface area contributed by atoms with Gasteiger partial charge < -0.3 is 23.9 Å². The summed E-state index contributed by atoms with van der Waals surface area (Å²) in [5.74, 6) is 0.582. The second kappa shape index (κ2) is 9.11. The SMILES string of the molecule is COC(=O)[C@H]1Cc2c([nH]c3ccccc23)[C@@H](c2ccc3c(c2)OCO3)N1C(=O)Oc1ccc([N+](=O)[O-])cc1. The number of hydrogen-bond acceptors (Lipinski definition) is 8. The van der Waals surface area contributed by atoms with Crippen molar-refractivity contribution >= 4 is 28.7 Å². The van der Waals surface area contributed by atoms with Crippen LogP contribution in [0.2, 0.25) is 0 Å². The van der Waals surface area contributed by atoms with Crippen molar-refractivity contribution in [1.29, 1.82) is 0 Å². The number of carbonyl (C=O) groups excluding carboxylic acids is 2. The monoisotopic (exact) mass is 515 g/mol. The molecule has 2 atom stereocenters. The van der Waals surface area contributed by atoms with Gasteiger partial charge >= 0.3 is 12.1 Å². The maximum Gasteiger partial charge on any atom is 0.416 e. The minimum atomic E-state index is -1.01. The molecule has 0 bridgehead atoms. The van der Waals surface area contributed by atoms with Gasteiger partial charge in [-0.15, -0.1) is 0 Å². The third-order valence-electron chi connectivity index (χ3n) is 6.78. The quantitative estimate of drug-likeness (QED) is 0.239. The summed E-state index contributed by atoms with van der Waals surface area (Å²) < 4.78 is 21.8. The molecule has 0 saturated heterocycles. The Hall–Kier alpha value is -5.06. The van der Waals surface area contributed by atoms with Crippen LogP contribution in [0.4, 0.5) is 10.5 Å². The minimum absolute atomic E-state index is 0.0811. The molecule has 38 heavy (non-hydrogen) atoms. The van der Waals surface area contributed by atoms with Gasteiger partial charge in [-0.05, 0) is 41.5 Å². The van der Waals surface area contributed by atoms with E-state index >= 15 is 0 Å². The van der Waals surface area contributed by atoms with E-state index in [0.29, 0.717) is 17.1 Å². The number of nitrogens with zero attached hydrogens (tertiary/aromatic N) is 2. The molecule has 3 aromatic carbocycles. The fourth-order valence-electron chi connectivity index (χ4n) is 5.05. The first kappa shape index (κ1) is 23.3. The number of rotatable bonds is 4. The Kier molecular flexibility index (Phi) is 5.60. The van der Waals surface area contributed by atoms with Crippen molar-refractivity contribution in [3.8, 4) is 17.2 Å². The molecule has 0 unspecified atom stereocenters. The number of methoxy groups -OCH3 is 1. The number of hydrogen-bond donors (Lipinski definition) is 1. The molecule has 2 aliphatic rings. The first-order valence-electron chi connectivity index (χ1n) is 11.8. The van der Waals surface area contributed by atoms with Crippen molar-refractivity contribution in [2.75, 3.05) is 13.9 Å². The van der Waals surface area contributed by atoms with Crippen molar-refractivity contribution in [3.63, 3.8) is 0 Å². The lowest BCUT2D eigenvalue weighted by atomic mass is 9.88. The van der Waals surface area contributed by atoms with E-state index in [1.54, 1.807) is 18.2 Å². The smallest absolute Gasteiger partial charge is 0.416 e. The molecule has 0 saturated carbocycles. The zero-order valence-electron chi connectivity index (χ0n) is 20.1. The molecule has 4 aromatic rings. The largest absolute Gasteiger partial charge is 0.467 e. The Morgan fingerprint density at radius 2 is 1.82 bits per heavy atom. The molecule has 0 spiro atoms. The number of ether oxygens (including phenoxy) is 4. The highest BCUT2D eigenvalue weighted by Crippen LogP contribution is 2.44. The molecule has 0 aliphatic carbocycles. The lowest BCUT2D eigenvalue weighted by Gasteiger charge is -2.40. The van der Waals surface area contributed by atoms with Crippen molar-refractivity contribution < 1.29 is 33.5 Å². The molecular formula is C27H21N3O8. The van der Waals surface area contributed by atoms with Gasteiger partial charge in [-0.3, -0.25) is 15.0 Å². The topological polar surface area (TPSA) is 133 Å². The number of para-hydroxylation sites is 1. The average Bonchev–Trinajstić information content (AvgIpc) is 3.55. The van der Waals surface area contributed by atoms with Gasteiger partial charge in [0, 0.05) is 35.2 Å².